The zero-order valence-corrected chi connectivity index (χ0v) is 7.70. The van der Waals surface area contributed by atoms with Crippen molar-refractivity contribution >= 4 is 11.9 Å². The summed E-state index contributed by atoms with van der Waals surface area (Å²) in [6.07, 6.45) is 1.61. The summed E-state index contributed by atoms with van der Waals surface area (Å²) >= 11 is 0. The number of ether oxygens (including phenoxy) is 2. The fourth-order valence-electron chi connectivity index (χ4n) is 0.899. The topological polar surface area (TPSA) is 84.1 Å². The fourth-order valence-corrected chi connectivity index (χ4v) is 0.899. The van der Waals surface area contributed by atoms with Crippen molar-refractivity contribution < 1.29 is 24.5 Å². The van der Waals surface area contributed by atoms with Crippen LogP contribution < -0.4 is 0 Å². The number of hydrogen-bond acceptors (Lipinski definition) is 4. The third kappa shape index (κ3) is 3.89. The molecule has 5 nitrogen and oxygen atoms in total. The van der Waals surface area contributed by atoms with Crippen molar-refractivity contribution in [2.75, 3.05) is 0 Å². The number of esters is 2. The van der Waals surface area contributed by atoms with E-state index in [1.165, 1.54) is 0 Å². The van der Waals surface area contributed by atoms with E-state index in [0.29, 0.717) is 12.8 Å². The van der Waals surface area contributed by atoms with Gasteiger partial charge in [0.15, 0.2) is 0 Å². The molecule has 2 aliphatic heterocycles. The van der Waals surface area contributed by atoms with Crippen LogP contribution in [0.2, 0.25) is 0 Å². The Morgan fingerprint density at radius 1 is 1.00 bits per heavy atom. The van der Waals surface area contributed by atoms with E-state index in [9.17, 15) is 9.59 Å². The van der Waals surface area contributed by atoms with E-state index in [1.807, 2.05) is 13.8 Å². The van der Waals surface area contributed by atoms with Gasteiger partial charge in [0.2, 0.25) is 0 Å². The molecule has 2 N–H and O–H groups in total. The maximum absolute atomic E-state index is 9.89. The van der Waals surface area contributed by atoms with Gasteiger partial charge in [0.25, 0.3) is 0 Å². The van der Waals surface area contributed by atoms with Crippen molar-refractivity contribution in [3.05, 3.63) is 0 Å². The molecule has 2 heterocycles. The zero-order valence-electron chi connectivity index (χ0n) is 7.70. The minimum absolute atomic E-state index is 0. The van der Waals surface area contributed by atoms with Gasteiger partial charge >= 0.3 is 11.9 Å². The first-order chi connectivity index (χ1) is 5.58. The third-order valence-corrected chi connectivity index (χ3v) is 1.57. The smallest absolute Gasteiger partial charge is 0.309 e. The molecule has 0 amide bonds. The van der Waals surface area contributed by atoms with Crippen LogP contribution in [0.25, 0.3) is 0 Å². The SMILES string of the molecule is CC1CC(=O)O1.CC1CC(=O)O1.O. The lowest BCUT2D eigenvalue weighted by Gasteiger charge is -2.20. The van der Waals surface area contributed by atoms with E-state index in [4.69, 9.17) is 0 Å². The van der Waals surface area contributed by atoms with E-state index >= 15 is 0 Å². The normalized spacial score (nSPS) is 29.1. The van der Waals surface area contributed by atoms with E-state index in [0.717, 1.165) is 0 Å². The Hall–Kier alpha value is -1.10. The molecule has 5 heteroatoms. The molecule has 0 spiro atoms. The van der Waals surface area contributed by atoms with Gasteiger partial charge in [-0.2, -0.15) is 0 Å². The summed E-state index contributed by atoms with van der Waals surface area (Å²) in [5.41, 5.74) is 0. The standard InChI is InChI=1S/2C4H6O2.H2O/c2*1-3-2-4(5)6-3;/h2*3H,2H2,1H3;1H2. The molecule has 2 fully saturated rings. The molecular formula is C8H14O5. The maximum atomic E-state index is 9.89. The van der Waals surface area contributed by atoms with Crippen LogP contribution in [0.15, 0.2) is 0 Å². The second-order valence-electron chi connectivity index (χ2n) is 3.01. The highest BCUT2D eigenvalue weighted by atomic mass is 16.6. The summed E-state index contributed by atoms with van der Waals surface area (Å²) in [5.74, 6) is -0.134. The molecule has 0 saturated carbocycles. The summed E-state index contributed by atoms with van der Waals surface area (Å²) < 4.78 is 9.00. The molecule has 2 saturated heterocycles. The van der Waals surface area contributed by atoms with E-state index in [-0.39, 0.29) is 29.6 Å². The molecule has 0 aliphatic carbocycles. The minimum atomic E-state index is -0.0671. The molecule has 2 aliphatic rings. The molecular weight excluding hydrogens is 176 g/mol. The second kappa shape index (κ2) is 4.81. The molecule has 2 atom stereocenters. The first-order valence-corrected chi connectivity index (χ1v) is 3.97. The predicted octanol–water partition coefficient (Wildman–Crippen LogP) is -0.181. The van der Waals surface area contributed by atoms with Crippen LogP contribution in [-0.4, -0.2) is 29.6 Å². The summed E-state index contributed by atoms with van der Waals surface area (Å²) in [7, 11) is 0. The Labute approximate surface area is 76.3 Å². The monoisotopic (exact) mass is 190 g/mol. The van der Waals surface area contributed by atoms with Crippen LogP contribution in [0.1, 0.15) is 26.7 Å². The Morgan fingerprint density at radius 2 is 1.23 bits per heavy atom. The largest absolute Gasteiger partial charge is 0.462 e. The third-order valence-electron chi connectivity index (χ3n) is 1.57. The molecule has 0 aromatic carbocycles. The number of rotatable bonds is 0. The van der Waals surface area contributed by atoms with Crippen molar-refractivity contribution in [1.29, 1.82) is 0 Å². The molecule has 0 aromatic heterocycles. The summed E-state index contributed by atoms with van der Waals surface area (Å²) in [5, 5.41) is 0. The molecule has 2 rings (SSSR count). The van der Waals surface area contributed by atoms with Crippen molar-refractivity contribution in [1.82, 2.24) is 0 Å². The highest BCUT2D eigenvalue weighted by Crippen LogP contribution is 2.10. The highest BCUT2D eigenvalue weighted by Gasteiger charge is 2.22. The second-order valence-corrected chi connectivity index (χ2v) is 3.01. The van der Waals surface area contributed by atoms with Gasteiger partial charge in [0.1, 0.15) is 12.2 Å². The maximum Gasteiger partial charge on any atom is 0.309 e. The van der Waals surface area contributed by atoms with Gasteiger partial charge in [-0.05, 0) is 13.8 Å². The fraction of sp³-hybridized carbons (Fsp3) is 0.750. The number of carbonyl (C=O) groups excluding carboxylic acids is 2. The molecule has 0 bridgehead atoms. The Kier molecular flexibility index (Phi) is 4.40. The Morgan fingerprint density at radius 3 is 1.23 bits per heavy atom. The lowest BCUT2D eigenvalue weighted by atomic mass is 10.2. The van der Waals surface area contributed by atoms with Gasteiger partial charge in [0.05, 0.1) is 12.8 Å². The summed E-state index contributed by atoms with van der Waals surface area (Å²) in [6, 6.07) is 0. The van der Waals surface area contributed by atoms with Gasteiger partial charge in [-0.15, -0.1) is 0 Å². The first kappa shape index (κ1) is 11.9. The number of carbonyl (C=O) groups is 2. The molecule has 0 radical (unpaired) electrons. The van der Waals surface area contributed by atoms with Crippen molar-refractivity contribution in [3.8, 4) is 0 Å². The quantitative estimate of drug-likeness (QED) is 0.496. The Bertz CT molecular complexity index is 163. The highest BCUT2D eigenvalue weighted by molar-refractivity contribution is 5.75. The lowest BCUT2D eigenvalue weighted by Crippen LogP contribution is -2.29. The number of hydrogen-bond donors (Lipinski definition) is 0. The lowest BCUT2D eigenvalue weighted by molar-refractivity contribution is -0.168. The summed E-state index contributed by atoms with van der Waals surface area (Å²) in [4.78, 5) is 19.8. The van der Waals surface area contributed by atoms with Crippen LogP contribution in [0, 0.1) is 0 Å². The van der Waals surface area contributed by atoms with Gasteiger partial charge in [0, 0.05) is 0 Å². The average molecular weight is 190 g/mol. The van der Waals surface area contributed by atoms with E-state index in [2.05, 4.69) is 9.47 Å². The zero-order chi connectivity index (χ0) is 9.14. The molecule has 2 unspecified atom stereocenters. The number of cyclic esters (lactones) is 2. The van der Waals surface area contributed by atoms with Crippen molar-refractivity contribution in [2.45, 2.75) is 38.9 Å². The average Bonchev–Trinajstić information content (AvgIpc) is 1.84. The van der Waals surface area contributed by atoms with Gasteiger partial charge in [-0.3, -0.25) is 9.59 Å². The van der Waals surface area contributed by atoms with Gasteiger partial charge < -0.3 is 14.9 Å². The molecule has 0 aromatic rings. The van der Waals surface area contributed by atoms with Gasteiger partial charge in [-0.1, -0.05) is 0 Å². The van der Waals surface area contributed by atoms with E-state index in [1.54, 1.807) is 0 Å². The Balaban J connectivity index is 0.000000206. The predicted molar refractivity (Wildman–Crippen MR) is 44.0 cm³/mol. The molecule has 13 heavy (non-hydrogen) atoms. The van der Waals surface area contributed by atoms with Crippen molar-refractivity contribution in [2.24, 2.45) is 0 Å². The summed E-state index contributed by atoms with van der Waals surface area (Å²) in [6.45, 7) is 3.75. The van der Waals surface area contributed by atoms with Gasteiger partial charge in [-0.25, -0.2) is 0 Å². The van der Waals surface area contributed by atoms with Crippen LogP contribution in [0.5, 0.6) is 0 Å². The van der Waals surface area contributed by atoms with Crippen LogP contribution in [0.4, 0.5) is 0 Å². The van der Waals surface area contributed by atoms with Crippen molar-refractivity contribution in [3.63, 3.8) is 0 Å². The molecule has 76 valence electrons. The van der Waals surface area contributed by atoms with E-state index < -0.39 is 0 Å². The van der Waals surface area contributed by atoms with Crippen LogP contribution in [0.3, 0.4) is 0 Å². The van der Waals surface area contributed by atoms with Crippen LogP contribution in [-0.2, 0) is 19.1 Å². The first-order valence-electron chi connectivity index (χ1n) is 3.97. The van der Waals surface area contributed by atoms with Crippen LogP contribution >= 0.6 is 0 Å². The minimum Gasteiger partial charge on any atom is -0.462 e.